The largest absolute Gasteiger partial charge is 0.398 e. The average molecular weight is 275 g/mol. The van der Waals surface area contributed by atoms with Gasteiger partial charge in [-0.05, 0) is 12.1 Å². The maximum atomic E-state index is 13.2. The Balaban J connectivity index is 2.05. The first-order valence-corrected chi connectivity index (χ1v) is 5.50. The summed E-state index contributed by atoms with van der Waals surface area (Å²) in [5.74, 6) is -1.90. The van der Waals surface area contributed by atoms with Crippen molar-refractivity contribution in [2.45, 2.75) is 0 Å². The van der Waals surface area contributed by atoms with E-state index in [1.165, 1.54) is 12.5 Å². The third-order valence-corrected chi connectivity index (χ3v) is 2.56. The highest BCUT2D eigenvalue weighted by atomic mass is 19.2. The number of rotatable bonds is 2. The van der Waals surface area contributed by atoms with E-state index < -0.39 is 11.6 Å². The monoisotopic (exact) mass is 275 g/mol. The molecule has 1 aromatic carbocycles. The van der Waals surface area contributed by atoms with Gasteiger partial charge in [-0.25, -0.2) is 18.7 Å². The van der Waals surface area contributed by atoms with Gasteiger partial charge in [-0.15, -0.1) is 0 Å². The first-order chi connectivity index (χ1) is 9.65. The second-order valence-electron chi connectivity index (χ2n) is 3.87. The van der Waals surface area contributed by atoms with Gasteiger partial charge in [0.25, 0.3) is 5.89 Å². The number of aromatic nitrogens is 4. The highest BCUT2D eigenvalue weighted by Crippen LogP contribution is 2.28. The molecule has 2 aromatic heterocycles. The van der Waals surface area contributed by atoms with Crippen LogP contribution in [0.15, 0.2) is 35.2 Å². The molecule has 0 radical (unpaired) electrons. The van der Waals surface area contributed by atoms with Crippen LogP contribution >= 0.6 is 0 Å². The fourth-order valence-corrected chi connectivity index (χ4v) is 1.61. The van der Waals surface area contributed by atoms with Crippen molar-refractivity contribution in [1.29, 1.82) is 0 Å². The average Bonchev–Trinajstić information content (AvgIpc) is 2.93. The summed E-state index contributed by atoms with van der Waals surface area (Å²) in [7, 11) is 0. The molecule has 3 rings (SSSR count). The SMILES string of the molecule is Nc1cc(F)c(F)cc1-c1nc(-c2ccncn2)no1. The Kier molecular flexibility index (Phi) is 2.82. The maximum Gasteiger partial charge on any atom is 0.260 e. The summed E-state index contributed by atoms with van der Waals surface area (Å²) in [6.45, 7) is 0. The van der Waals surface area contributed by atoms with E-state index >= 15 is 0 Å². The van der Waals surface area contributed by atoms with Crippen molar-refractivity contribution in [2.24, 2.45) is 0 Å². The van der Waals surface area contributed by atoms with Crippen molar-refractivity contribution in [3.05, 3.63) is 42.4 Å². The van der Waals surface area contributed by atoms with E-state index in [2.05, 4.69) is 20.1 Å². The molecule has 2 heterocycles. The minimum atomic E-state index is -1.05. The summed E-state index contributed by atoms with van der Waals surface area (Å²) in [6, 6.07) is 3.35. The molecule has 8 heteroatoms. The standard InChI is InChI=1S/C12H7F2N5O/c13-7-3-6(9(15)4-8(7)14)12-18-11(19-20-12)10-1-2-16-5-17-10/h1-5H,15H2. The topological polar surface area (TPSA) is 90.7 Å². The Labute approximate surface area is 111 Å². The molecule has 20 heavy (non-hydrogen) atoms. The number of hydrogen-bond donors (Lipinski definition) is 1. The number of nitrogen functional groups attached to an aromatic ring is 1. The summed E-state index contributed by atoms with van der Waals surface area (Å²) in [4.78, 5) is 11.8. The number of anilines is 1. The van der Waals surface area contributed by atoms with Gasteiger partial charge in [0.2, 0.25) is 5.82 Å². The molecule has 3 aromatic rings. The van der Waals surface area contributed by atoms with Gasteiger partial charge in [0, 0.05) is 18.0 Å². The fraction of sp³-hybridized carbons (Fsp3) is 0. The number of halogens is 2. The number of hydrogen-bond acceptors (Lipinski definition) is 6. The predicted octanol–water partition coefficient (Wildman–Crippen LogP) is 2.05. The number of nitrogens with zero attached hydrogens (tertiary/aromatic N) is 4. The number of nitrogens with two attached hydrogens (primary N) is 1. The summed E-state index contributed by atoms with van der Waals surface area (Å²) in [6.07, 6.45) is 2.85. The van der Waals surface area contributed by atoms with E-state index in [0.29, 0.717) is 5.69 Å². The lowest BCUT2D eigenvalue weighted by Crippen LogP contribution is -1.95. The Morgan fingerprint density at radius 3 is 2.70 bits per heavy atom. The molecule has 0 unspecified atom stereocenters. The van der Waals surface area contributed by atoms with Crippen molar-refractivity contribution >= 4 is 5.69 Å². The van der Waals surface area contributed by atoms with Gasteiger partial charge in [0.15, 0.2) is 11.6 Å². The Hall–Kier alpha value is -2.90. The second-order valence-corrected chi connectivity index (χ2v) is 3.87. The van der Waals surface area contributed by atoms with E-state index in [-0.39, 0.29) is 23.0 Å². The van der Waals surface area contributed by atoms with E-state index in [1.807, 2.05) is 0 Å². The summed E-state index contributed by atoms with van der Waals surface area (Å²) >= 11 is 0. The van der Waals surface area contributed by atoms with Crippen LogP contribution in [0.4, 0.5) is 14.5 Å². The van der Waals surface area contributed by atoms with Crippen LogP contribution in [0.2, 0.25) is 0 Å². The molecule has 0 saturated heterocycles. The van der Waals surface area contributed by atoms with Gasteiger partial charge in [-0.1, -0.05) is 5.16 Å². The summed E-state index contributed by atoms with van der Waals surface area (Å²) < 4.78 is 31.2. The number of benzene rings is 1. The minimum absolute atomic E-state index is 0.00166. The summed E-state index contributed by atoms with van der Waals surface area (Å²) in [5.41, 5.74) is 6.17. The van der Waals surface area contributed by atoms with Gasteiger partial charge in [-0.2, -0.15) is 4.98 Å². The van der Waals surface area contributed by atoms with Crippen molar-refractivity contribution in [3.8, 4) is 23.0 Å². The van der Waals surface area contributed by atoms with Crippen molar-refractivity contribution in [3.63, 3.8) is 0 Å². The van der Waals surface area contributed by atoms with E-state index in [9.17, 15) is 8.78 Å². The fourth-order valence-electron chi connectivity index (χ4n) is 1.61. The molecule has 0 atom stereocenters. The van der Waals surface area contributed by atoms with Crippen LogP contribution in [-0.2, 0) is 0 Å². The van der Waals surface area contributed by atoms with Gasteiger partial charge in [-0.3, -0.25) is 0 Å². The molecule has 0 saturated carbocycles. The van der Waals surface area contributed by atoms with Crippen LogP contribution in [0.1, 0.15) is 0 Å². The van der Waals surface area contributed by atoms with E-state index in [4.69, 9.17) is 10.3 Å². The minimum Gasteiger partial charge on any atom is -0.398 e. The van der Waals surface area contributed by atoms with Crippen molar-refractivity contribution < 1.29 is 13.3 Å². The smallest absolute Gasteiger partial charge is 0.260 e. The lowest BCUT2D eigenvalue weighted by Gasteiger charge is -2.01. The first-order valence-electron chi connectivity index (χ1n) is 5.50. The zero-order valence-electron chi connectivity index (χ0n) is 9.92. The molecule has 6 nitrogen and oxygen atoms in total. The first kappa shape index (κ1) is 12.2. The van der Waals surface area contributed by atoms with Crippen molar-refractivity contribution in [2.75, 3.05) is 5.73 Å². The zero-order chi connectivity index (χ0) is 14.1. The molecule has 2 N–H and O–H groups in total. The van der Waals surface area contributed by atoms with E-state index in [0.717, 1.165) is 12.1 Å². The molecule has 0 spiro atoms. The molecule has 0 aliphatic heterocycles. The molecule has 0 aliphatic rings. The third-order valence-electron chi connectivity index (χ3n) is 2.56. The van der Waals surface area contributed by atoms with Gasteiger partial charge >= 0.3 is 0 Å². The van der Waals surface area contributed by atoms with Crippen LogP contribution < -0.4 is 5.73 Å². The molecule has 100 valence electrons. The molecule has 0 amide bonds. The van der Waals surface area contributed by atoms with E-state index in [1.54, 1.807) is 6.07 Å². The quantitative estimate of drug-likeness (QED) is 0.720. The maximum absolute atomic E-state index is 13.2. The van der Waals surface area contributed by atoms with Gasteiger partial charge in [0.1, 0.15) is 12.0 Å². The second kappa shape index (κ2) is 4.65. The Morgan fingerprint density at radius 2 is 1.95 bits per heavy atom. The van der Waals surface area contributed by atoms with Crippen LogP contribution in [0.3, 0.4) is 0 Å². The van der Waals surface area contributed by atoms with Crippen LogP contribution in [0, 0.1) is 11.6 Å². The van der Waals surface area contributed by atoms with Crippen LogP contribution in [-0.4, -0.2) is 20.1 Å². The van der Waals surface area contributed by atoms with Gasteiger partial charge < -0.3 is 10.3 Å². The highest BCUT2D eigenvalue weighted by molar-refractivity contribution is 5.71. The normalized spacial score (nSPS) is 10.7. The van der Waals surface area contributed by atoms with Crippen molar-refractivity contribution in [1.82, 2.24) is 20.1 Å². The van der Waals surface area contributed by atoms with Crippen LogP contribution in [0.25, 0.3) is 23.0 Å². The zero-order valence-corrected chi connectivity index (χ0v) is 9.92. The summed E-state index contributed by atoms with van der Waals surface area (Å²) in [5, 5.41) is 3.71. The molecular formula is C12H7F2N5O. The predicted molar refractivity (Wildman–Crippen MR) is 65.1 cm³/mol. The third kappa shape index (κ3) is 2.07. The lowest BCUT2D eigenvalue weighted by molar-refractivity contribution is 0.431. The highest BCUT2D eigenvalue weighted by Gasteiger charge is 2.16. The molecule has 0 bridgehead atoms. The Bertz CT molecular complexity index is 760. The lowest BCUT2D eigenvalue weighted by atomic mass is 10.1. The Morgan fingerprint density at radius 1 is 1.15 bits per heavy atom. The van der Waals surface area contributed by atoms with Crippen LogP contribution in [0.5, 0.6) is 0 Å². The van der Waals surface area contributed by atoms with Gasteiger partial charge in [0.05, 0.1) is 5.56 Å². The molecule has 0 aliphatic carbocycles. The molecular weight excluding hydrogens is 268 g/mol. The molecule has 0 fully saturated rings.